The summed E-state index contributed by atoms with van der Waals surface area (Å²) in [5.41, 5.74) is 1.59. The highest BCUT2D eigenvalue weighted by Crippen LogP contribution is 2.28. The minimum absolute atomic E-state index is 0.161. The van der Waals surface area contributed by atoms with Gasteiger partial charge in [0.2, 0.25) is 10.0 Å². The molecule has 0 aliphatic carbocycles. The molecule has 3 aromatic carbocycles. The lowest BCUT2D eigenvalue weighted by molar-refractivity contribution is 0.0955. The van der Waals surface area contributed by atoms with E-state index in [0.717, 1.165) is 5.56 Å². The fourth-order valence-electron chi connectivity index (χ4n) is 3.29. The number of nitrogens with one attached hydrogen (secondary N) is 2. The number of para-hydroxylation sites is 1. The maximum absolute atomic E-state index is 12.8. The van der Waals surface area contributed by atoms with E-state index in [2.05, 4.69) is 10.0 Å². The molecule has 0 fully saturated rings. The van der Waals surface area contributed by atoms with E-state index in [4.69, 9.17) is 32.7 Å². The molecule has 180 valence electrons. The van der Waals surface area contributed by atoms with Gasteiger partial charge >= 0.3 is 0 Å². The number of halogens is 2. The van der Waals surface area contributed by atoms with E-state index in [1.54, 1.807) is 56.7 Å². The van der Waals surface area contributed by atoms with Gasteiger partial charge in [0, 0.05) is 22.2 Å². The molecule has 0 atom stereocenters. The van der Waals surface area contributed by atoms with E-state index in [-0.39, 0.29) is 26.9 Å². The maximum Gasteiger partial charge on any atom is 0.253 e. The van der Waals surface area contributed by atoms with Crippen molar-refractivity contribution in [3.8, 4) is 11.5 Å². The van der Waals surface area contributed by atoms with Crippen LogP contribution >= 0.6 is 23.2 Å². The molecule has 0 aliphatic heterocycles. The van der Waals surface area contributed by atoms with Crippen LogP contribution in [0, 0.1) is 0 Å². The van der Waals surface area contributed by atoms with Gasteiger partial charge in [-0.3, -0.25) is 9.52 Å². The molecule has 1 amide bonds. The van der Waals surface area contributed by atoms with Crippen molar-refractivity contribution in [3.05, 3.63) is 87.4 Å². The lowest BCUT2D eigenvalue weighted by Gasteiger charge is -2.14. The predicted molar refractivity (Wildman–Crippen MR) is 135 cm³/mol. The van der Waals surface area contributed by atoms with Crippen molar-refractivity contribution < 1.29 is 22.7 Å². The van der Waals surface area contributed by atoms with Crippen LogP contribution in [0.1, 0.15) is 21.5 Å². The minimum Gasteiger partial charge on any atom is -0.493 e. The fraction of sp³-hybridized carbons (Fsp3) is 0.208. The van der Waals surface area contributed by atoms with Crippen molar-refractivity contribution in [2.45, 2.75) is 12.2 Å². The topological polar surface area (TPSA) is 93.7 Å². The maximum atomic E-state index is 12.8. The Balaban J connectivity index is 1.68. The summed E-state index contributed by atoms with van der Waals surface area (Å²) in [5.74, 6) is 0.384. The van der Waals surface area contributed by atoms with Gasteiger partial charge in [-0.25, -0.2) is 8.42 Å². The first-order chi connectivity index (χ1) is 16.2. The first kappa shape index (κ1) is 25.7. The van der Waals surface area contributed by atoms with Crippen molar-refractivity contribution in [2.75, 3.05) is 25.5 Å². The van der Waals surface area contributed by atoms with Gasteiger partial charge in [-0.15, -0.1) is 0 Å². The third-order valence-corrected chi connectivity index (χ3v) is 6.89. The number of hydrogen-bond donors (Lipinski definition) is 2. The van der Waals surface area contributed by atoms with E-state index in [1.165, 1.54) is 6.07 Å². The summed E-state index contributed by atoms with van der Waals surface area (Å²) in [4.78, 5) is 12.8. The van der Waals surface area contributed by atoms with Crippen LogP contribution < -0.4 is 19.5 Å². The van der Waals surface area contributed by atoms with Gasteiger partial charge in [-0.1, -0.05) is 47.5 Å². The van der Waals surface area contributed by atoms with E-state index in [1.807, 2.05) is 12.1 Å². The van der Waals surface area contributed by atoms with Crippen LogP contribution in [0.4, 0.5) is 5.69 Å². The number of benzene rings is 3. The average Bonchev–Trinajstić information content (AvgIpc) is 2.81. The van der Waals surface area contributed by atoms with Crippen LogP contribution in [-0.4, -0.2) is 35.1 Å². The van der Waals surface area contributed by atoms with Crippen molar-refractivity contribution in [3.63, 3.8) is 0 Å². The Hall–Kier alpha value is -2.94. The molecule has 2 N–H and O–H groups in total. The van der Waals surface area contributed by atoms with Crippen LogP contribution in [0.2, 0.25) is 10.0 Å². The lowest BCUT2D eigenvalue weighted by Crippen LogP contribution is -2.27. The summed E-state index contributed by atoms with van der Waals surface area (Å²) in [6.07, 6.45) is 0.547. The zero-order valence-electron chi connectivity index (χ0n) is 18.6. The second kappa shape index (κ2) is 11.5. The number of carbonyl (C=O) groups is 1. The molecule has 0 aromatic heterocycles. The second-order valence-electron chi connectivity index (χ2n) is 7.30. The van der Waals surface area contributed by atoms with Crippen LogP contribution in [0.25, 0.3) is 0 Å². The zero-order chi connectivity index (χ0) is 24.7. The largest absolute Gasteiger partial charge is 0.493 e. The molecular weight excluding hydrogens is 499 g/mol. The molecule has 0 saturated carbocycles. The molecule has 0 unspecified atom stereocenters. The van der Waals surface area contributed by atoms with Crippen LogP contribution in [0.3, 0.4) is 0 Å². The van der Waals surface area contributed by atoms with Crippen molar-refractivity contribution >= 4 is 44.8 Å². The first-order valence-electron chi connectivity index (χ1n) is 10.3. The van der Waals surface area contributed by atoms with E-state index >= 15 is 0 Å². The Morgan fingerprint density at radius 2 is 1.59 bits per heavy atom. The predicted octanol–water partition coefficient (Wildman–Crippen LogP) is 4.93. The van der Waals surface area contributed by atoms with Gasteiger partial charge in [0.25, 0.3) is 5.91 Å². The van der Waals surface area contributed by atoms with E-state index in [9.17, 15) is 13.2 Å². The summed E-state index contributed by atoms with van der Waals surface area (Å²) in [5, 5.41) is 3.32. The summed E-state index contributed by atoms with van der Waals surface area (Å²) >= 11 is 12.2. The standard InChI is InChI=1S/C24H24Cl2N2O5S/c1-32-22-11-10-16(14-23(22)33-2)12-13-27-24(29)17-6-3-4-9-21(17)28-34(30,31)15-18-19(25)7-5-8-20(18)26/h3-11,14,28H,12-13,15H2,1-2H3,(H,27,29). The van der Waals surface area contributed by atoms with Crippen molar-refractivity contribution in [1.29, 1.82) is 0 Å². The molecule has 7 nitrogen and oxygen atoms in total. The molecule has 0 radical (unpaired) electrons. The molecule has 0 aliphatic rings. The van der Waals surface area contributed by atoms with E-state index in [0.29, 0.717) is 24.5 Å². The Kier molecular flexibility index (Phi) is 8.66. The van der Waals surface area contributed by atoms with Gasteiger partial charge < -0.3 is 14.8 Å². The Morgan fingerprint density at radius 1 is 0.912 bits per heavy atom. The molecule has 10 heteroatoms. The molecular formula is C24H24Cl2N2O5S. The van der Waals surface area contributed by atoms with Crippen LogP contribution in [0.15, 0.2) is 60.7 Å². The Morgan fingerprint density at radius 3 is 2.26 bits per heavy atom. The van der Waals surface area contributed by atoms with Gasteiger partial charge in [0.15, 0.2) is 11.5 Å². The van der Waals surface area contributed by atoms with Crippen molar-refractivity contribution in [2.24, 2.45) is 0 Å². The Labute approximate surface area is 209 Å². The third kappa shape index (κ3) is 6.56. The van der Waals surface area contributed by atoms with Crippen LogP contribution in [-0.2, 0) is 22.2 Å². The van der Waals surface area contributed by atoms with Gasteiger partial charge in [-0.2, -0.15) is 0 Å². The second-order valence-corrected chi connectivity index (χ2v) is 9.84. The molecule has 3 aromatic rings. The number of anilines is 1. The highest BCUT2D eigenvalue weighted by Gasteiger charge is 2.20. The van der Waals surface area contributed by atoms with Gasteiger partial charge in [0.1, 0.15) is 0 Å². The fourth-order valence-corrected chi connectivity index (χ4v) is 5.25. The minimum atomic E-state index is -3.89. The summed E-state index contributed by atoms with van der Waals surface area (Å²) in [6.45, 7) is 0.338. The summed E-state index contributed by atoms with van der Waals surface area (Å²) < 4.78 is 38.6. The number of methoxy groups -OCH3 is 2. The number of carbonyl (C=O) groups excluding carboxylic acids is 1. The number of sulfonamides is 1. The van der Waals surface area contributed by atoms with Crippen molar-refractivity contribution in [1.82, 2.24) is 5.32 Å². The number of amides is 1. The van der Waals surface area contributed by atoms with Gasteiger partial charge in [-0.05, 0) is 48.4 Å². The Bertz CT molecular complexity index is 1260. The number of ether oxygens (including phenoxy) is 2. The van der Waals surface area contributed by atoms with Gasteiger partial charge in [0.05, 0.1) is 31.2 Å². The monoisotopic (exact) mass is 522 g/mol. The summed E-state index contributed by atoms with van der Waals surface area (Å²) in [6, 6.07) is 16.7. The highest BCUT2D eigenvalue weighted by molar-refractivity contribution is 7.91. The summed E-state index contributed by atoms with van der Waals surface area (Å²) in [7, 11) is -0.773. The highest BCUT2D eigenvalue weighted by atomic mass is 35.5. The molecule has 3 rings (SSSR count). The quantitative estimate of drug-likeness (QED) is 0.393. The normalized spacial score (nSPS) is 11.1. The number of rotatable bonds is 10. The average molecular weight is 523 g/mol. The molecule has 34 heavy (non-hydrogen) atoms. The molecule has 0 heterocycles. The molecule has 0 saturated heterocycles. The zero-order valence-corrected chi connectivity index (χ0v) is 20.9. The smallest absolute Gasteiger partial charge is 0.253 e. The third-order valence-electron chi connectivity index (χ3n) is 4.98. The first-order valence-corrected chi connectivity index (χ1v) is 12.7. The number of hydrogen-bond acceptors (Lipinski definition) is 5. The van der Waals surface area contributed by atoms with E-state index < -0.39 is 21.7 Å². The van der Waals surface area contributed by atoms with Crippen LogP contribution in [0.5, 0.6) is 11.5 Å². The molecule has 0 bridgehead atoms. The lowest BCUT2D eigenvalue weighted by atomic mass is 10.1. The SMILES string of the molecule is COc1ccc(CCNC(=O)c2ccccc2NS(=O)(=O)Cc2c(Cl)cccc2Cl)cc1OC. The molecule has 0 spiro atoms.